The van der Waals surface area contributed by atoms with Crippen LogP contribution in [0, 0.1) is 10.8 Å². The van der Waals surface area contributed by atoms with Crippen LogP contribution in [0.15, 0.2) is 0 Å². The van der Waals surface area contributed by atoms with Crippen molar-refractivity contribution in [3.8, 4) is 0 Å². The third-order valence-corrected chi connectivity index (χ3v) is 4.64. The van der Waals surface area contributed by atoms with Crippen LogP contribution in [0.5, 0.6) is 0 Å². The fourth-order valence-electron chi connectivity index (χ4n) is 4.33. The molecule has 1 saturated carbocycles. The van der Waals surface area contributed by atoms with Crippen LogP contribution in [0.25, 0.3) is 0 Å². The largest absolute Gasteiger partial charge is 0.380 e. The van der Waals surface area contributed by atoms with E-state index in [1.54, 1.807) is 7.11 Å². The van der Waals surface area contributed by atoms with Crippen molar-refractivity contribution in [3.05, 3.63) is 0 Å². The lowest BCUT2D eigenvalue weighted by Crippen LogP contribution is -2.50. The second-order valence-electron chi connectivity index (χ2n) is 8.17. The maximum absolute atomic E-state index is 12.4. The highest BCUT2D eigenvalue weighted by molar-refractivity contribution is 5.82. The molecule has 1 heterocycles. The van der Waals surface area contributed by atoms with Gasteiger partial charge in [0, 0.05) is 19.7 Å². The topological polar surface area (TPSA) is 50.4 Å². The van der Waals surface area contributed by atoms with Crippen LogP contribution in [-0.4, -0.2) is 37.7 Å². The predicted octanol–water partition coefficient (Wildman–Crippen LogP) is 2.08. The minimum Gasteiger partial charge on any atom is -0.380 e. The van der Waals surface area contributed by atoms with E-state index < -0.39 is 0 Å². The van der Waals surface area contributed by atoms with E-state index in [9.17, 15) is 4.79 Å². The summed E-state index contributed by atoms with van der Waals surface area (Å²) in [5, 5.41) is 6.51. The number of hydrogen-bond acceptors (Lipinski definition) is 3. The van der Waals surface area contributed by atoms with E-state index in [-0.39, 0.29) is 18.1 Å². The quantitative estimate of drug-likeness (QED) is 0.833. The number of hydrogen-bond donors (Lipinski definition) is 2. The van der Waals surface area contributed by atoms with Crippen LogP contribution in [0.3, 0.4) is 0 Å². The average molecular weight is 282 g/mol. The van der Waals surface area contributed by atoms with Gasteiger partial charge in [-0.25, -0.2) is 0 Å². The van der Waals surface area contributed by atoms with Gasteiger partial charge in [-0.2, -0.15) is 0 Å². The summed E-state index contributed by atoms with van der Waals surface area (Å²) >= 11 is 0. The van der Waals surface area contributed by atoms with Crippen LogP contribution in [-0.2, 0) is 9.53 Å². The highest BCUT2D eigenvalue weighted by atomic mass is 16.5. The molecule has 2 rings (SSSR count). The van der Waals surface area contributed by atoms with Crippen LogP contribution in [0.1, 0.15) is 53.4 Å². The number of rotatable bonds is 3. The molecule has 1 saturated heterocycles. The van der Waals surface area contributed by atoms with E-state index in [1.165, 1.54) is 6.42 Å². The molecule has 0 aromatic heterocycles. The molecular weight excluding hydrogens is 252 g/mol. The van der Waals surface area contributed by atoms with Crippen LogP contribution in [0.4, 0.5) is 0 Å². The summed E-state index contributed by atoms with van der Waals surface area (Å²) in [5.41, 5.74) is 0.607. The molecule has 1 aliphatic heterocycles. The Kier molecular flexibility index (Phi) is 4.45. The molecule has 4 heteroatoms. The molecule has 0 spiro atoms. The Labute approximate surface area is 123 Å². The van der Waals surface area contributed by atoms with Gasteiger partial charge in [0.2, 0.25) is 5.91 Å². The van der Waals surface area contributed by atoms with Crippen LogP contribution < -0.4 is 10.6 Å². The fourth-order valence-corrected chi connectivity index (χ4v) is 4.33. The standard InChI is InChI=1S/C16H30N2O2/c1-15(2)7-11(8-16(3,4)10-15)18-14(19)13-6-12(20-5)9-17-13/h11-13,17H,6-10H2,1-5H3,(H,18,19). The highest BCUT2D eigenvalue weighted by Crippen LogP contribution is 2.45. The molecule has 116 valence electrons. The molecule has 4 nitrogen and oxygen atoms in total. The Morgan fingerprint density at radius 1 is 1.20 bits per heavy atom. The maximum atomic E-state index is 12.4. The summed E-state index contributed by atoms with van der Waals surface area (Å²) in [6.45, 7) is 10.0. The van der Waals surface area contributed by atoms with E-state index in [1.807, 2.05) is 0 Å². The molecule has 2 unspecified atom stereocenters. The third kappa shape index (κ3) is 3.95. The van der Waals surface area contributed by atoms with Crippen molar-refractivity contribution in [2.24, 2.45) is 10.8 Å². The molecule has 20 heavy (non-hydrogen) atoms. The van der Waals surface area contributed by atoms with Gasteiger partial charge in [0.1, 0.15) is 0 Å². The van der Waals surface area contributed by atoms with Gasteiger partial charge in [0.25, 0.3) is 0 Å². The summed E-state index contributed by atoms with van der Waals surface area (Å²) in [5.74, 6) is 0.142. The molecule has 1 amide bonds. The molecule has 0 radical (unpaired) electrons. The molecule has 0 bridgehead atoms. The van der Waals surface area contributed by atoms with Crippen molar-refractivity contribution >= 4 is 5.91 Å². The minimum absolute atomic E-state index is 0.0897. The lowest BCUT2D eigenvalue weighted by molar-refractivity contribution is -0.124. The van der Waals surface area contributed by atoms with Crippen molar-refractivity contribution in [2.45, 2.75) is 71.6 Å². The molecule has 0 aromatic rings. The summed E-state index contributed by atoms with van der Waals surface area (Å²) in [7, 11) is 1.71. The summed E-state index contributed by atoms with van der Waals surface area (Å²) in [6.07, 6.45) is 4.32. The zero-order valence-electron chi connectivity index (χ0n) is 13.6. The summed E-state index contributed by atoms with van der Waals surface area (Å²) in [4.78, 5) is 12.4. The van der Waals surface area contributed by atoms with E-state index >= 15 is 0 Å². The number of methoxy groups -OCH3 is 1. The van der Waals surface area contributed by atoms with Gasteiger partial charge >= 0.3 is 0 Å². The Morgan fingerprint density at radius 3 is 2.30 bits per heavy atom. The van der Waals surface area contributed by atoms with Gasteiger partial charge in [-0.15, -0.1) is 0 Å². The second-order valence-corrected chi connectivity index (χ2v) is 8.17. The van der Waals surface area contributed by atoms with Gasteiger partial charge in [0.05, 0.1) is 12.1 Å². The Balaban J connectivity index is 1.91. The maximum Gasteiger partial charge on any atom is 0.237 e. The van der Waals surface area contributed by atoms with Gasteiger partial charge in [-0.1, -0.05) is 27.7 Å². The summed E-state index contributed by atoms with van der Waals surface area (Å²) in [6, 6.07) is 0.206. The number of nitrogens with one attached hydrogen (secondary N) is 2. The summed E-state index contributed by atoms with van der Waals surface area (Å²) < 4.78 is 5.31. The molecule has 1 aliphatic carbocycles. The molecular formula is C16H30N2O2. The van der Waals surface area contributed by atoms with Crippen LogP contribution in [0.2, 0.25) is 0 Å². The van der Waals surface area contributed by atoms with Crippen molar-refractivity contribution in [3.63, 3.8) is 0 Å². The number of carbonyl (C=O) groups is 1. The Morgan fingerprint density at radius 2 is 1.80 bits per heavy atom. The predicted molar refractivity (Wildman–Crippen MR) is 80.5 cm³/mol. The van der Waals surface area contributed by atoms with Crippen molar-refractivity contribution in [1.82, 2.24) is 10.6 Å². The normalized spacial score (nSPS) is 33.0. The monoisotopic (exact) mass is 282 g/mol. The second kappa shape index (κ2) is 5.64. The van der Waals surface area contributed by atoms with E-state index in [0.29, 0.717) is 16.9 Å². The fraction of sp³-hybridized carbons (Fsp3) is 0.938. The first kappa shape index (κ1) is 15.8. The first-order valence-corrected chi connectivity index (χ1v) is 7.77. The number of amides is 1. The minimum atomic E-state index is -0.0897. The SMILES string of the molecule is COC1CNC(C(=O)NC2CC(C)(C)CC(C)(C)C2)C1. The number of carbonyl (C=O) groups excluding carboxylic acids is 1. The van der Waals surface area contributed by atoms with Crippen LogP contribution >= 0.6 is 0 Å². The smallest absolute Gasteiger partial charge is 0.237 e. The van der Waals surface area contributed by atoms with E-state index in [4.69, 9.17) is 4.74 Å². The Bertz CT molecular complexity index is 349. The first-order chi connectivity index (χ1) is 9.21. The lowest BCUT2D eigenvalue weighted by atomic mass is 9.63. The van der Waals surface area contributed by atoms with Gasteiger partial charge in [0.15, 0.2) is 0 Å². The van der Waals surface area contributed by atoms with Gasteiger partial charge in [-0.3, -0.25) is 4.79 Å². The third-order valence-electron chi connectivity index (χ3n) is 4.64. The molecule has 2 N–H and O–H groups in total. The number of ether oxygens (including phenoxy) is 1. The van der Waals surface area contributed by atoms with Crippen molar-refractivity contribution in [1.29, 1.82) is 0 Å². The van der Waals surface area contributed by atoms with E-state index in [2.05, 4.69) is 38.3 Å². The lowest BCUT2D eigenvalue weighted by Gasteiger charge is -2.45. The molecule has 2 atom stereocenters. The van der Waals surface area contributed by atoms with Gasteiger partial charge in [-0.05, 0) is 36.5 Å². The molecule has 2 aliphatic rings. The Hall–Kier alpha value is -0.610. The first-order valence-electron chi connectivity index (χ1n) is 7.77. The van der Waals surface area contributed by atoms with Gasteiger partial charge < -0.3 is 15.4 Å². The van der Waals surface area contributed by atoms with E-state index in [0.717, 1.165) is 25.8 Å². The average Bonchev–Trinajstić information content (AvgIpc) is 2.72. The molecule has 2 fully saturated rings. The van der Waals surface area contributed by atoms with Crippen molar-refractivity contribution in [2.75, 3.05) is 13.7 Å². The van der Waals surface area contributed by atoms with Crippen molar-refractivity contribution < 1.29 is 9.53 Å². The molecule has 0 aromatic carbocycles. The zero-order valence-corrected chi connectivity index (χ0v) is 13.6. The zero-order chi connectivity index (χ0) is 15.0. The highest BCUT2D eigenvalue weighted by Gasteiger charge is 2.40.